The fourth-order valence-corrected chi connectivity index (χ4v) is 1.47. The average molecular weight is 228 g/mol. The number of aromatic hydroxyl groups is 1. The predicted octanol–water partition coefficient (Wildman–Crippen LogP) is 2.35. The van der Waals surface area contributed by atoms with Gasteiger partial charge in [-0.15, -0.1) is 0 Å². The summed E-state index contributed by atoms with van der Waals surface area (Å²) < 4.78 is 0. The van der Waals surface area contributed by atoms with E-state index >= 15 is 0 Å². The van der Waals surface area contributed by atoms with E-state index < -0.39 is 0 Å². The number of nitrogens with one attached hydrogen (secondary N) is 1. The number of aryl methyl sites for hydroxylation is 1. The van der Waals surface area contributed by atoms with Gasteiger partial charge in [0.05, 0.1) is 16.9 Å². The lowest BCUT2D eigenvalue weighted by Crippen LogP contribution is -2.13. The molecule has 0 saturated carbocycles. The van der Waals surface area contributed by atoms with Crippen LogP contribution in [0.3, 0.4) is 0 Å². The maximum absolute atomic E-state index is 11.9. The van der Waals surface area contributed by atoms with Gasteiger partial charge in [-0.05, 0) is 31.2 Å². The van der Waals surface area contributed by atoms with Gasteiger partial charge in [0.15, 0.2) is 0 Å². The van der Waals surface area contributed by atoms with Crippen LogP contribution >= 0.6 is 0 Å². The molecule has 4 heteroatoms. The lowest BCUT2D eigenvalue weighted by Gasteiger charge is -2.08. The van der Waals surface area contributed by atoms with E-state index in [9.17, 15) is 9.90 Å². The lowest BCUT2D eigenvalue weighted by molar-refractivity contribution is 0.102. The highest BCUT2D eigenvalue weighted by molar-refractivity contribution is 6.06. The molecule has 2 N–H and O–H groups in total. The third kappa shape index (κ3) is 2.42. The van der Waals surface area contributed by atoms with Crippen LogP contribution in [0.4, 0.5) is 5.69 Å². The summed E-state index contributed by atoms with van der Waals surface area (Å²) in [5.74, 6) is -0.384. The van der Waals surface area contributed by atoms with Gasteiger partial charge in [-0.25, -0.2) is 0 Å². The van der Waals surface area contributed by atoms with Crippen LogP contribution in [0.25, 0.3) is 0 Å². The Hall–Kier alpha value is -2.36. The van der Waals surface area contributed by atoms with Crippen molar-refractivity contribution in [3.8, 4) is 5.75 Å². The van der Waals surface area contributed by atoms with Crippen molar-refractivity contribution in [1.82, 2.24) is 4.98 Å². The monoisotopic (exact) mass is 228 g/mol. The number of carbonyl (C=O) groups is 1. The number of amides is 1. The van der Waals surface area contributed by atoms with E-state index in [4.69, 9.17) is 0 Å². The second kappa shape index (κ2) is 4.65. The number of nitrogens with zero attached hydrogens (tertiary/aromatic N) is 1. The molecule has 1 aromatic carbocycles. The molecule has 0 spiro atoms. The van der Waals surface area contributed by atoms with E-state index in [0.717, 1.165) is 5.69 Å². The maximum Gasteiger partial charge on any atom is 0.259 e. The highest BCUT2D eigenvalue weighted by atomic mass is 16.3. The van der Waals surface area contributed by atoms with E-state index in [-0.39, 0.29) is 17.2 Å². The molecular weight excluding hydrogens is 216 g/mol. The van der Waals surface area contributed by atoms with E-state index in [2.05, 4.69) is 10.3 Å². The Morgan fingerprint density at radius 3 is 2.71 bits per heavy atom. The molecule has 2 rings (SSSR count). The molecule has 86 valence electrons. The Morgan fingerprint density at radius 2 is 2.00 bits per heavy atom. The van der Waals surface area contributed by atoms with E-state index in [0.29, 0.717) is 5.69 Å². The maximum atomic E-state index is 11.9. The molecule has 1 heterocycles. The summed E-state index contributed by atoms with van der Waals surface area (Å²) in [5, 5.41) is 12.3. The first-order valence-electron chi connectivity index (χ1n) is 5.19. The molecule has 0 radical (unpaired) electrons. The molecule has 0 saturated heterocycles. The minimum atomic E-state index is -0.348. The normalized spacial score (nSPS) is 9.94. The van der Waals surface area contributed by atoms with Crippen molar-refractivity contribution in [2.75, 3.05) is 5.32 Å². The number of para-hydroxylation sites is 1. The van der Waals surface area contributed by atoms with Gasteiger partial charge in [0.2, 0.25) is 0 Å². The van der Waals surface area contributed by atoms with Crippen LogP contribution in [0.2, 0.25) is 0 Å². The fraction of sp³-hybridized carbons (Fsp3) is 0.0769. The van der Waals surface area contributed by atoms with E-state index in [1.165, 1.54) is 6.07 Å². The SMILES string of the molecule is Cc1ncccc1NC(=O)c1ccccc1O. The van der Waals surface area contributed by atoms with Crippen LogP contribution in [0, 0.1) is 6.92 Å². The van der Waals surface area contributed by atoms with Crippen LogP contribution in [0.5, 0.6) is 5.75 Å². The zero-order chi connectivity index (χ0) is 12.3. The Kier molecular flexibility index (Phi) is 3.05. The van der Waals surface area contributed by atoms with Crippen LogP contribution in [0.1, 0.15) is 16.1 Å². The summed E-state index contributed by atoms with van der Waals surface area (Å²) in [6, 6.07) is 9.92. The standard InChI is InChI=1S/C13H12N2O2/c1-9-11(6-4-8-14-9)15-13(17)10-5-2-3-7-12(10)16/h2-8,16H,1H3,(H,15,17). The summed E-state index contributed by atoms with van der Waals surface area (Å²) in [6.07, 6.45) is 1.66. The summed E-state index contributed by atoms with van der Waals surface area (Å²) in [7, 11) is 0. The summed E-state index contributed by atoms with van der Waals surface area (Å²) in [5.41, 5.74) is 1.62. The highest BCUT2D eigenvalue weighted by Gasteiger charge is 2.11. The van der Waals surface area contributed by atoms with Gasteiger partial charge in [-0.2, -0.15) is 0 Å². The van der Waals surface area contributed by atoms with Gasteiger partial charge in [-0.1, -0.05) is 12.1 Å². The van der Waals surface area contributed by atoms with Crippen LogP contribution in [0.15, 0.2) is 42.6 Å². The summed E-state index contributed by atoms with van der Waals surface area (Å²) >= 11 is 0. The zero-order valence-corrected chi connectivity index (χ0v) is 9.34. The Labute approximate surface area is 98.9 Å². The first kappa shape index (κ1) is 11.1. The Morgan fingerprint density at radius 1 is 1.24 bits per heavy atom. The van der Waals surface area contributed by atoms with Gasteiger partial charge in [0.1, 0.15) is 5.75 Å². The quantitative estimate of drug-likeness (QED) is 0.829. The van der Waals surface area contributed by atoms with Crippen molar-refractivity contribution in [1.29, 1.82) is 0 Å². The zero-order valence-electron chi connectivity index (χ0n) is 9.34. The average Bonchev–Trinajstić information content (AvgIpc) is 2.32. The number of aromatic nitrogens is 1. The number of phenols is 1. The molecule has 0 atom stereocenters. The third-order valence-electron chi connectivity index (χ3n) is 2.40. The number of hydrogen-bond acceptors (Lipinski definition) is 3. The molecule has 1 amide bonds. The highest BCUT2D eigenvalue weighted by Crippen LogP contribution is 2.18. The number of rotatable bonds is 2. The predicted molar refractivity (Wildman–Crippen MR) is 65.0 cm³/mol. The van der Waals surface area contributed by atoms with Gasteiger partial charge < -0.3 is 10.4 Å². The molecule has 4 nitrogen and oxygen atoms in total. The van der Waals surface area contributed by atoms with Crippen molar-refractivity contribution < 1.29 is 9.90 Å². The second-order valence-corrected chi connectivity index (χ2v) is 3.61. The van der Waals surface area contributed by atoms with Crippen LogP contribution in [-0.4, -0.2) is 16.0 Å². The fourth-order valence-electron chi connectivity index (χ4n) is 1.47. The number of phenolic OH excluding ortho intramolecular Hbond substituents is 1. The Balaban J connectivity index is 2.24. The van der Waals surface area contributed by atoms with E-state index in [1.54, 1.807) is 43.5 Å². The minimum absolute atomic E-state index is 0.0356. The molecule has 0 aliphatic heterocycles. The molecule has 0 fully saturated rings. The van der Waals surface area contributed by atoms with Crippen LogP contribution in [-0.2, 0) is 0 Å². The first-order valence-corrected chi connectivity index (χ1v) is 5.19. The van der Waals surface area contributed by atoms with E-state index in [1.807, 2.05) is 0 Å². The molecule has 1 aromatic heterocycles. The largest absolute Gasteiger partial charge is 0.507 e. The number of carbonyl (C=O) groups excluding carboxylic acids is 1. The lowest BCUT2D eigenvalue weighted by atomic mass is 10.2. The van der Waals surface area contributed by atoms with Gasteiger partial charge in [0, 0.05) is 6.20 Å². The molecular formula is C13H12N2O2. The molecule has 0 unspecified atom stereocenters. The van der Waals surface area contributed by atoms with Crippen molar-refractivity contribution in [3.63, 3.8) is 0 Å². The molecule has 0 aliphatic rings. The number of hydrogen-bond donors (Lipinski definition) is 2. The third-order valence-corrected chi connectivity index (χ3v) is 2.40. The van der Waals surface area contributed by atoms with Gasteiger partial charge in [-0.3, -0.25) is 9.78 Å². The van der Waals surface area contributed by atoms with Crippen molar-refractivity contribution in [2.45, 2.75) is 6.92 Å². The minimum Gasteiger partial charge on any atom is -0.507 e. The van der Waals surface area contributed by atoms with Gasteiger partial charge >= 0.3 is 0 Å². The molecule has 0 aliphatic carbocycles. The topological polar surface area (TPSA) is 62.2 Å². The first-order chi connectivity index (χ1) is 8.18. The smallest absolute Gasteiger partial charge is 0.259 e. The van der Waals surface area contributed by atoms with Gasteiger partial charge in [0.25, 0.3) is 5.91 Å². The number of pyridine rings is 1. The Bertz CT molecular complexity index is 553. The number of benzene rings is 1. The second-order valence-electron chi connectivity index (χ2n) is 3.61. The molecule has 0 bridgehead atoms. The van der Waals surface area contributed by atoms with Crippen molar-refractivity contribution in [2.24, 2.45) is 0 Å². The van der Waals surface area contributed by atoms with Crippen molar-refractivity contribution in [3.05, 3.63) is 53.9 Å². The molecule has 2 aromatic rings. The van der Waals surface area contributed by atoms with Crippen molar-refractivity contribution >= 4 is 11.6 Å². The summed E-state index contributed by atoms with van der Waals surface area (Å²) in [4.78, 5) is 16.0. The summed E-state index contributed by atoms with van der Waals surface area (Å²) in [6.45, 7) is 1.81. The van der Waals surface area contributed by atoms with Crippen LogP contribution < -0.4 is 5.32 Å². The molecule has 17 heavy (non-hydrogen) atoms. The number of anilines is 1.